The maximum absolute atomic E-state index is 12.8. The van der Waals surface area contributed by atoms with Crippen LogP contribution in [0.25, 0.3) is 0 Å². The summed E-state index contributed by atoms with van der Waals surface area (Å²) in [4.78, 5) is 13.7. The van der Waals surface area contributed by atoms with E-state index in [-0.39, 0.29) is 0 Å². The van der Waals surface area contributed by atoms with Gasteiger partial charge in [0.15, 0.2) is 0 Å². The Labute approximate surface area is 168 Å². The van der Waals surface area contributed by atoms with Gasteiger partial charge in [0.2, 0.25) is 5.95 Å². The summed E-state index contributed by atoms with van der Waals surface area (Å²) in [6, 6.07) is 5.17. The van der Waals surface area contributed by atoms with E-state index in [2.05, 4.69) is 14.8 Å². The molecule has 10 heteroatoms. The first-order chi connectivity index (χ1) is 12.9. The van der Waals surface area contributed by atoms with Crippen LogP contribution in [0.4, 0.5) is 11.8 Å². The number of aromatic nitrogens is 2. The van der Waals surface area contributed by atoms with Crippen LogP contribution in [-0.2, 0) is 10.0 Å². The van der Waals surface area contributed by atoms with Crippen molar-refractivity contribution in [3.05, 3.63) is 28.2 Å². The van der Waals surface area contributed by atoms with Gasteiger partial charge in [-0.2, -0.15) is 9.29 Å². The Morgan fingerprint density at radius 3 is 2.33 bits per heavy atom. The number of thiophene rings is 1. The van der Waals surface area contributed by atoms with Gasteiger partial charge >= 0.3 is 0 Å². The summed E-state index contributed by atoms with van der Waals surface area (Å²) in [6.45, 7) is 6.05. The lowest BCUT2D eigenvalue weighted by atomic mass is 10.3. The number of hydrogen-bond acceptors (Lipinski definition) is 7. The van der Waals surface area contributed by atoms with Crippen molar-refractivity contribution in [2.45, 2.75) is 24.0 Å². The fourth-order valence-electron chi connectivity index (χ4n) is 3.48. The number of nitrogens with zero attached hydrogens (tertiary/aromatic N) is 5. The van der Waals surface area contributed by atoms with Crippen molar-refractivity contribution in [1.82, 2.24) is 14.3 Å². The Hall–Kier alpha value is -1.42. The van der Waals surface area contributed by atoms with Crippen molar-refractivity contribution in [2.24, 2.45) is 0 Å². The quantitative estimate of drug-likeness (QED) is 0.747. The van der Waals surface area contributed by atoms with E-state index >= 15 is 0 Å². The molecule has 2 saturated heterocycles. The van der Waals surface area contributed by atoms with Gasteiger partial charge in [-0.15, -0.1) is 11.3 Å². The van der Waals surface area contributed by atoms with Crippen molar-refractivity contribution in [2.75, 3.05) is 49.1 Å². The first kappa shape index (κ1) is 18.9. The summed E-state index contributed by atoms with van der Waals surface area (Å²) in [7, 11) is -3.48. The molecule has 0 amide bonds. The maximum Gasteiger partial charge on any atom is 0.252 e. The van der Waals surface area contributed by atoms with Gasteiger partial charge in [0.1, 0.15) is 10.0 Å². The molecule has 146 valence electrons. The number of halogens is 1. The largest absolute Gasteiger partial charge is 0.354 e. The minimum Gasteiger partial charge on any atom is -0.354 e. The Morgan fingerprint density at radius 2 is 1.70 bits per heavy atom. The number of rotatable bonds is 4. The smallest absolute Gasteiger partial charge is 0.252 e. The Bertz CT molecular complexity index is 919. The van der Waals surface area contributed by atoms with Crippen LogP contribution in [0.1, 0.15) is 18.5 Å². The summed E-state index contributed by atoms with van der Waals surface area (Å²) in [5.41, 5.74) is 0.935. The molecule has 0 atom stereocenters. The molecule has 27 heavy (non-hydrogen) atoms. The number of anilines is 2. The molecule has 2 aliphatic heterocycles. The SMILES string of the molecule is Cc1cc(N2CCN(S(=O)(=O)c3ccc(Cl)s3)CC2)nc(N2CCCC2)n1. The van der Waals surface area contributed by atoms with Crippen molar-refractivity contribution in [3.8, 4) is 0 Å². The maximum atomic E-state index is 12.8. The predicted molar refractivity (Wildman–Crippen MR) is 109 cm³/mol. The Kier molecular flexibility index (Phi) is 5.28. The van der Waals surface area contributed by atoms with E-state index in [1.54, 1.807) is 12.1 Å². The van der Waals surface area contributed by atoms with Crippen molar-refractivity contribution < 1.29 is 8.42 Å². The molecular formula is C17H22ClN5O2S2. The number of sulfonamides is 1. The minimum absolute atomic E-state index is 0.301. The molecule has 4 heterocycles. The number of hydrogen-bond donors (Lipinski definition) is 0. The lowest BCUT2D eigenvalue weighted by Crippen LogP contribution is -2.48. The number of piperazine rings is 1. The fourth-order valence-corrected chi connectivity index (χ4v) is 6.54. The topological polar surface area (TPSA) is 69.6 Å². The highest BCUT2D eigenvalue weighted by atomic mass is 35.5. The third-order valence-corrected chi connectivity index (χ3v) is 8.52. The summed E-state index contributed by atoms with van der Waals surface area (Å²) >= 11 is 7.00. The van der Waals surface area contributed by atoms with E-state index in [1.165, 1.54) is 17.1 Å². The minimum atomic E-state index is -3.48. The zero-order chi connectivity index (χ0) is 19.0. The average Bonchev–Trinajstić information content (AvgIpc) is 3.33. The highest BCUT2D eigenvalue weighted by Gasteiger charge is 2.30. The molecule has 2 fully saturated rings. The van der Waals surface area contributed by atoms with Crippen LogP contribution in [0.15, 0.2) is 22.4 Å². The third kappa shape index (κ3) is 3.91. The van der Waals surface area contributed by atoms with Crippen LogP contribution >= 0.6 is 22.9 Å². The lowest BCUT2D eigenvalue weighted by molar-refractivity contribution is 0.384. The molecule has 0 unspecified atom stereocenters. The Morgan fingerprint density at radius 1 is 1.00 bits per heavy atom. The first-order valence-electron chi connectivity index (χ1n) is 9.04. The van der Waals surface area contributed by atoms with Gasteiger partial charge in [-0.3, -0.25) is 0 Å². The molecule has 0 aliphatic carbocycles. The van der Waals surface area contributed by atoms with Gasteiger partial charge in [0.05, 0.1) is 4.34 Å². The van der Waals surface area contributed by atoms with E-state index in [0.717, 1.165) is 41.9 Å². The zero-order valence-corrected chi connectivity index (χ0v) is 17.5. The summed E-state index contributed by atoms with van der Waals surface area (Å²) in [6.07, 6.45) is 2.35. The van der Waals surface area contributed by atoms with Gasteiger partial charge in [0, 0.05) is 51.0 Å². The highest BCUT2D eigenvalue weighted by molar-refractivity contribution is 7.91. The first-order valence-corrected chi connectivity index (χ1v) is 11.7. The highest BCUT2D eigenvalue weighted by Crippen LogP contribution is 2.29. The predicted octanol–water partition coefficient (Wildman–Crippen LogP) is 2.61. The molecule has 0 radical (unpaired) electrons. The third-order valence-electron chi connectivity index (χ3n) is 4.92. The fraction of sp³-hybridized carbons (Fsp3) is 0.529. The van der Waals surface area contributed by atoms with Crippen LogP contribution in [0.3, 0.4) is 0 Å². The second kappa shape index (κ2) is 7.54. The second-order valence-corrected chi connectivity index (χ2v) is 10.7. The molecule has 0 spiro atoms. The van der Waals surface area contributed by atoms with Crippen LogP contribution in [0.2, 0.25) is 4.34 Å². The normalized spacial score (nSPS) is 19.0. The molecule has 0 saturated carbocycles. The molecular weight excluding hydrogens is 406 g/mol. The van der Waals surface area contributed by atoms with Crippen LogP contribution in [-0.4, -0.2) is 62.0 Å². The average molecular weight is 428 g/mol. The van der Waals surface area contributed by atoms with Gasteiger partial charge in [-0.05, 0) is 31.9 Å². The van der Waals surface area contributed by atoms with E-state index in [4.69, 9.17) is 16.6 Å². The van der Waals surface area contributed by atoms with Gasteiger partial charge in [-0.25, -0.2) is 13.4 Å². The summed E-state index contributed by atoms with van der Waals surface area (Å²) < 4.78 is 27.8. The second-order valence-electron chi connectivity index (χ2n) is 6.81. The van der Waals surface area contributed by atoms with Crippen LogP contribution in [0.5, 0.6) is 0 Å². The monoisotopic (exact) mass is 427 g/mol. The zero-order valence-electron chi connectivity index (χ0n) is 15.1. The number of aryl methyl sites for hydroxylation is 1. The van der Waals surface area contributed by atoms with E-state index < -0.39 is 10.0 Å². The molecule has 0 N–H and O–H groups in total. The van der Waals surface area contributed by atoms with Crippen LogP contribution in [0, 0.1) is 6.92 Å². The van der Waals surface area contributed by atoms with E-state index in [1.807, 2.05) is 13.0 Å². The van der Waals surface area contributed by atoms with Crippen molar-refractivity contribution >= 4 is 44.7 Å². The Balaban J connectivity index is 1.48. The van der Waals surface area contributed by atoms with E-state index in [0.29, 0.717) is 34.7 Å². The van der Waals surface area contributed by atoms with Gasteiger partial charge in [-0.1, -0.05) is 11.6 Å². The molecule has 2 aliphatic rings. The van der Waals surface area contributed by atoms with E-state index in [9.17, 15) is 8.42 Å². The van der Waals surface area contributed by atoms with Crippen molar-refractivity contribution in [3.63, 3.8) is 0 Å². The standard InChI is InChI=1S/C17H22ClN5O2S2/c1-13-12-15(20-17(19-13)22-6-2-3-7-22)21-8-10-23(11-9-21)27(24,25)16-5-4-14(18)26-16/h4-5,12H,2-3,6-11H2,1H3. The molecule has 2 aromatic heterocycles. The molecule has 0 bridgehead atoms. The van der Waals surface area contributed by atoms with Crippen molar-refractivity contribution in [1.29, 1.82) is 0 Å². The van der Waals surface area contributed by atoms with Crippen LogP contribution < -0.4 is 9.80 Å². The molecule has 2 aromatic rings. The molecule has 0 aromatic carbocycles. The lowest BCUT2D eigenvalue weighted by Gasteiger charge is -2.34. The van der Waals surface area contributed by atoms with Gasteiger partial charge in [0.25, 0.3) is 10.0 Å². The summed E-state index contributed by atoms with van der Waals surface area (Å²) in [5.74, 6) is 1.66. The molecule has 7 nitrogen and oxygen atoms in total. The van der Waals surface area contributed by atoms with Gasteiger partial charge < -0.3 is 9.80 Å². The molecule has 4 rings (SSSR count). The summed E-state index contributed by atoms with van der Waals surface area (Å²) in [5, 5.41) is 0.